The smallest absolute Gasteiger partial charge is 0.435 e. The zero-order chi connectivity index (χ0) is 17.4. The minimum Gasteiger partial charge on any atom is -0.464 e. The Morgan fingerprint density at radius 3 is 2.48 bits per heavy atom. The van der Waals surface area contributed by atoms with Crippen LogP contribution in [0, 0.1) is 15.9 Å². The SMILES string of the molecule is COC(=O)c1cc(C(F)(F)F)nn1-c1ccc([N+](=O)[O-])cc1F. The predicted molar refractivity (Wildman–Crippen MR) is 66.5 cm³/mol. The number of methoxy groups -OCH3 is 1. The van der Waals surface area contributed by atoms with E-state index < -0.39 is 45.6 Å². The lowest BCUT2D eigenvalue weighted by Gasteiger charge is -2.07. The number of ether oxygens (including phenoxy) is 1. The van der Waals surface area contributed by atoms with Crippen LogP contribution in [0.25, 0.3) is 5.69 Å². The quantitative estimate of drug-likeness (QED) is 0.373. The van der Waals surface area contributed by atoms with E-state index in [-0.39, 0.29) is 0 Å². The highest BCUT2D eigenvalue weighted by atomic mass is 19.4. The Morgan fingerprint density at radius 1 is 1.35 bits per heavy atom. The summed E-state index contributed by atoms with van der Waals surface area (Å²) in [6.07, 6.45) is -4.87. The molecule has 0 spiro atoms. The Bertz CT molecular complexity index is 785. The molecule has 0 aliphatic carbocycles. The van der Waals surface area contributed by atoms with Crippen LogP contribution < -0.4 is 0 Å². The molecule has 0 amide bonds. The third-order valence-corrected chi connectivity index (χ3v) is 2.76. The molecule has 0 atom stereocenters. The van der Waals surface area contributed by atoms with Crippen molar-refractivity contribution in [1.29, 1.82) is 0 Å². The molecule has 11 heteroatoms. The van der Waals surface area contributed by atoms with Crippen molar-refractivity contribution < 1.29 is 32.0 Å². The molecule has 0 fully saturated rings. The monoisotopic (exact) mass is 333 g/mol. The fraction of sp³-hybridized carbons (Fsp3) is 0.167. The van der Waals surface area contributed by atoms with Crippen LogP contribution in [0.3, 0.4) is 0 Å². The van der Waals surface area contributed by atoms with Gasteiger partial charge in [0.15, 0.2) is 17.2 Å². The number of nitro groups is 1. The Morgan fingerprint density at radius 2 is 2.00 bits per heavy atom. The van der Waals surface area contributed by atoms with Gasteiger partial charge in [0, 0.05) is 12.1 Å². The molecular formula is C12H7F4N3O4. The van der Waals surface area contributed by atoms with Crippen molar-refractivity contribution in [1.82, 2.24) is 9.78 Å². The van der Waals surface area contributed by atoms with Gasteiger partial charge in [-0.15, -0.1) is 0 Å². The molecular weight excluding hydrogens is 326 g/mol. The molecule has 0 saturated carbocycles. The Balaban J connectivity index is 2.64. The number of esters is 1. The van der Waals surface area contributed by atoms with E-state index in [0.29, 0.717) is 16.8 Å². The lowest BCUT2D eigenvalue weighted by molar-refractivity contribution is -0.385. The summed E-state index contributed by atoms with van der Waals surface area (Å²) in [7, 11) is 0.930. The molecule has 0 aliphatic heterocycles. The third kappa shape index (κ3) is 3.12. The van der Waals surface area contributed by atoms with E-state index in [0.717, 1.165) is 19.2 Å². The second-order valence-electron chi connectivity index (χ2n) is 4.21. The molecule has 2 aromatic rings. The van der Waals surface area contributed by atoms with Crippen LogP contribution in [0.2, 0.25) is 0 Å². The van der Waals surface area contributed by atoms with Crippen LogP contribution in [0.4, 0.5) is 23.2 Å². The number of nitrogens with zero attached hydrogens (tertiary/aromatic N) is 3. The van der Waals surface area contributed by atoms with Crippen molar-refractivity contribution in [3.05, 3.63) is 51.6 Å². The van der Waals surface area contributed by atoms with Gasteiger partial charge in [0.2, 0.25) is 0 Å². The topological polar surface area (TPSA) is 87.3 Å². The van der Waals surface area contributed by atoms with Gasteiger partial charge in [-0.1, -0.05) is 0 Å². The largest absolute Gasteiger partial charge is 0.464 e. The average molecular weight is 333 g/mol. The van der Waals surface area contributed by atoms with E-state index in [9.17, 15) is 32.5 Å². The fourth-order valence-corrected chi connectivity index (χ4v) is 1.73. The van der Waals surface area contributed by atoms with Crippen LogP contribution in [0.1, 0.15) is 16.2 Å². The molecule has 0 saturated heterocycles. The van der Waals surface area contributed by atoms with E-state index >= 15 is 0 Å². The Labute approximate surface area is 125 Å². The Hall–Kier alpha value is -2.98. The van der Waals surface area contributed by atoms with Crippen LogP contribution >= 0.6 is 0 Å². The molecule has 1 heterocycles. The summed E-state index contributed by atoms with van der Waals surface area (Å²) in [5, 5.41) is 13.7. The first-order valence-corrected chi connectivity index (χ1v) is 5.85. The zero-order valence-corrected chi connectivity index (χ0v) is 11.3. The molecule has 122 valence electrons. The summed E-state index contributed by atoms with van der Waals surface area (Å²) >= 11 is 0. The molecule has 1 aromatic carbocycles. The maximum Gasteiger partial charge on any atom is 0.435 e. The molecule has 0 bridgehead atoms. The van der Waals surface area contributed by atoms with E-state index in [1.165, 1.54) is 0 Å². The fourth-order valence-electron chi connectivity index (χ4n) is 1.73. The van der Waals surface area contributed by atoms with Gasteiger partial charge in [0.25, 0.3) is 5.69 Å². The summed E-state index contributed by atoms with van der Waals surface area (Å²) in [6, 6.07) is 2.61. The number of carbonyl (C=O) groups is 1. The zero-order valence-electron chi connectivity index (χ0n) is 11.3. The Kier molecular flexibility index (Phi) is 4.04. The van der Waals surface area contributed by atoms with Gasteiger partial charge in [-0.2, -0.15) is 18.3 Å². The predicted octanol–water partition coefficient (Wildman–Crippen LogP) is 2.73. The summed E-state index contributed by atoms with van der Waals surface area (Å²) in [5.41, 5.74) is -3.27. The van der Waals surface area contributed by atoms with Gasteiger partial charge >= 0.3 is 12.1 Å². The lowest BCUT2D eigenvalue weighted by atomic mass is 10.2. The number of aromatic nitrogens is 2. The van der Waals surface area contributed by atoms with Crippen molar-refractivity contribution in [3.63, 3.8) is 0 Å². The van der Waals surface area contributed by atoms with Crippen molar-refractivity contribution in [2.24, 2.45) is 0 Å². The highest BCUT2D eigenvalue weighted by Gasteiger charge is 2.36. The lowest BCUT2D eigenvalue weighted by Crippen LogP contribution is -2.12. The van der Waals surface area contributed by atoms with Crippen molar-refractivity contribution in [2.45, 2.75) is 6.18 Å². The highest BCUT2D eigenvalue weighted by molar-refractivity contribution is 5.88. The number of nitro benzene ring substituents is 1. The van der Waals surface area contributed by atoms with Crippen LogP contribution in [-0.2, 0) is 10.9 Å². The maximum atomic E-state index is 14.0. The molecule has 0 unspecified atom stereocenters. The van der Waals surface area contributed by atoms with E-state index in [2.05, 4.69) is 9.84 Å². The van der Waals surface area contributed by atoms with Gasteiger partial charge in [-0.05, 0) is 6.07 Å². The molecule has 23 heavy (non-hydrogen) atoms. The number of hydrogen-bond acceptors (Lipinski definition) is 5. The standard InChI is InChI=1S/C12H7F4N3O4/c1-23-11(20)9-5-10(12(14,15)16)17-18(9)8-3-2-6(19(21)22)4-7(8)13/h2-5H,1H3. The molecule has 7 nitrogen and oxygen atoms in total. The van der Waals surface area contributed by atoms with Crippen LogP contribution in [0.5, 0.6) is 0 Å². The van der Waals surface area contributed by atoms with E-state index in [1.807, 2.05) is 0 Å². The van der Waals surface area contributed by atoms with Crippen molar-refractivity contribution >= 4 is 11.7 Å². The number of halogens is 4. The first kappa shape index (κ1) is 16.4. The second kappa shape index (κ2) is 5.66. The molecule has 1 aromatic heterocycles. The number of alkyl halides is 3. The van der Waals surface area contributed by atoms with Crippen LogP contribution in [0.15, 0.2) is 24.3 Å². The normalized spacial score (nSPS) is 11.3. The number of hydrogen-bond donors (Lipinski definition) is 0. The average Bonchev–Trinajstić information content (AvgIpc) is 2.91. The summed E-state index contributed by atoms with van der Waals surface area (Å²) in [4.78, 5) is 21.2. The number of rotatable bonds is 3. The third-order valence-electron chi connectivity index (χ3n) is 2.76. The molecule has 0 aliphatic rings. The highest BCUT2D eigenvalue weighted by Crippen LogP contribution is 2.30. The van der Waals surface area contributed by atoms with Crippen molar-refractivity contribution in [2.75, 3.05) is 7.11 Å². The van der Waals surface area contributed by atoms with Crippen molar-refractivity contribution in [3.8, 4) is 5.69 Å². The van der Waals surface area contributed by atoms with E-state index in [1.54, 1.807) is 0 Å². The second-order valence-corrected chi connectivity index (χ2v) is 4.21. The maximum absolute atomic E-state index is 14.0. The van der Waals surface area contributed by atoms with Gasteiger partial charge < -0.3 is 4.74 Å². The summed E-state index contributed by atoms with van der Waals surface area (Å²) < 4.78 is 56.8. The van der Waals surface area contributed by atoms with Gasteiger partial charge in [0.1, 0.15) is 5.69 Å². The molecule has 2 rings (SSSR count). The van der Waals surface area contributed by atoms with Gasteiger partial charge in [-0.25, -0.2) is 13.9 Å². The minimum atomic E-state index is -4.87. The first-order chi connectivity index (χ1) is 10.6. The van der Waals surface area contributed by atoms with Gasteiger partial charge in [0.05, 0.1) is 18.1 Å². The number of non-ortho nitro benzene ring substituents is 1. The summed E-state index contributed by atoms with van der Waals surface area (Å²) in [5.74, 6) is -2.40. The number of carbonyl (C=O) groups excluding carboxylic acids is 1. The molecule has 0 N–H and O–H groups in total. The minimum absolute atomic E-state index is 0.383. The molecule has 0 radical (unpaired) electrons. The van der Waals surface area contributed by atoms with Crippen LogP contribution in [-0.4, -0.2) is 27.8 Å². The number of benzene rings is 1. The van der Waals surface area contributed by atoms with E-state index in [4.69, 9.17) is 0 Å². The van der Waals surface area contributed by atoms with Gasteiger partial charge in [-0.3, -0.25) is 10.1 Å². The summed E-state index contributed by atoms with van der Waals surface area (Å²) in [6.45, 7) is 0. The first-order valence-electron chi connectivity index (χ1n) is 5.85.